The lowest BCUT2D eigenvalue weighted by Gasteiger charge is -2.06. The minimum atomic E-state index is 0.0923. The second kappa shape index (κ2) is 6.58. The lowest BCUT2D eigenvalue weighted by Crippen LogP contribution is -2.39. The number of carbonyl (C=O) groups excluding carboxylic acids is 1. The Labute approximate surface area is 135 Å². The Morgan fingerprint density at radius 2 is 1.55 bits per heavy atom. The molecule has 0 radical (unpaired) electrons. The third-order valence-electron chi connectivity index (χ3n) is 3.53. The number of carbonyl (C=O) groups is 1. The van der Waals surface area contributed by atoms with Crippen molar-refractivity contribution in [3.8, 4) is 11.3 Å². The number of nitrogens with zero attached hydrogens (tertiary/aromatic N) is 1. The molecule has 0 atom stereocenters. The van der Waals surface area contributed by atoms with E-state index in [0.717, 1.165) is 21.7 Å². The van der Waals surface area contributed by atoms with Crippen LogP contribution in [0.4, 0.5) is 0 Å². The molecule has 2 aromatic carbocycles. The van der Waals surface area contributed by atoms with Crippen LogP contribution in [-0.4, -0.2) is 5.78 Å². The smallest absolute Gasteiger partial charge is 0.227 e. The molecule has 0 amide bonds. The minimum Gasteiger partial charge on any atom is -0.287 e. The number of hydrogen-bond donors (Lipinski definition) is 1. The molecule has 0 unspecified atom stereocenters. The molecular formula is C19H16NOS+. The quantitative estimate of drug-likeness (QED) is 0.442. The first-order chi connectivity index (χ1) is 10.8. The van der Waals surface area contributed by atoms with Crippen LogP contribution in [-0.2, 0) is 6.54 Å². The lowest BCUT2D eigenvalue weighted by atomic mass is 10.1. The molecule has 0 aliphatic heterocycles. The van der Waals surface area contributed by atoms with E-state index in [9.17, 15) is 4.79 Å². The molecule has 2 nitrogen and oxygen atoms in total. The first kappa shape index (κ1) is 14.5. The molecule has 0 saturated heterocycles. The highest BCUT2D eigenvalue weighted by atomic mass is 32.1. The van der Waals surface area contributed by atoms with Gasteiger partial charge in [-0.1, -0.05) is 42.5 Å². The van der Waals surface area contributed by atoms with E-state index >= 15 is 0 Å². The van der Waals surface area contributed by atoms with Crippen LogP contribution in [0.3, 0.4) is 0 Å². The van der Waals surface area contributed by atoms with Crippen LogP contribution in [0.25, 0.3) is 11.3 Å². The second-order valence-electron chi connectivity index (χ2n) is 5.02. The average molecular weight is 306 g/mol. The van der Waals surface area contributed by atoms with Crippen LogP contribution in [0.5, 0.6) is 0 Å². The highest BCUT2D eigenvalue weighted by Crippen LogP contribution is 2.23. The fourth-order valence-electron chi connectivity index (χ4n) is 2.42. The minimum absolute atomic E-state index is 0.0923. The first-order valence-corrected chi connectivity index (χ1v) is 7.55. The van der Waals surface area contributed by atoms with Gasteiger partial charge in [0.15, 0.2) is 6.20 Å². The summed E-state index contributed by atoms with van der Waals surface area (Å²) in [4.78, 5) is 13.3. The van der Waals surface area contributed by atoms with Crippen LogP contribution in [0, 0.1) is 0 Å². The van der Waals surface area contributed by atoms with Crippen molar-refractivity contribution < 1.29 is 9.36 Å². The van der Waals surface area contributed by atoms with Crippen LogP contribution >= 0.6 is 12.6 Å². The number of ketones is 1. The molecule has 0 aliphatic carbocycles. The van der Waals surface area contributed by atoms with Gasteiger partial charge in [-0.3, -0.25) is 4.79 Å². The molecule has 0 N–H and O–H groups in total. The summed E-state index contributed by atoms with van der Waals surface area (Å²) in [6, 6.07) is 23.2. The van der Waals surface area contributed by atoms with Crippen molar-refractivity contribution in [3.05, 3.63) is 84.6 Å². The Bertz CT molecular complexity index is 799. The van der Waals surface area contributed by atoms with E-state index in [0.29, 0.717) is 6.54 Å². The summed E-state index contributed by atoms with van der Waals surface area (Å²) in [5.41, 5.74) is 2.73. The molecule has 0 bridgehead atoms. The van der Waals surface area contributed by atoms with Crippen molar-refractivity contribution in [3.63, 3.8) is 0 Å². The van der Waals surface area contributed by atoms with Crippen molar-refractivity contribution in [2.75, 3.05) is 0 Å². The van der Waals surface area contributed by atoms with Crippen molar-refractivity contribution in [1.82, 2.24) is 0 Å². The van der Waals surface area contributed by atoms with Gasteiger partial charge in [0.2, 0.25) is 18.0 Å². The number of aromatic nitrogens is 1. The van der Waals surface area contributed by atoms with Crippen LogP contribution in [0.2, 0.25) is 0 Å². The zero-order chi connectivity index (χ0) is 15.4. The average Bonchev–Trinajstić information content (AvgIpc) is 2.57. The number of pyridine rings is 1. The Morgan fingerprint density at radius 3 is 2.32 bits per heavy atom. The SMILES string of the molecule is O=C(C[n+]1ccccc1-c1ccccc1S)c1ccccc1. The van der Waals surface area contributed by atoms with Gasteiger partial charge in [-0.2, -0.15) is 4.57 Å². The number of thiol groups is 1. The highest BCUT2D eigenvalue weighted by Gasteiger charge is 2.18. The summed E-state index contributed by atoms with van der Waals surface area (Å²) < 4.78 is 1.96. The third kappa shape index (κ3) is 3.10. The fourth-order valence-corrected chi connectivity index (χ4v) is 2.69. The summed E-state index contributed by atoms with van der Waals surface area (Å²) in [7, 11) is 0. The van der Waals surface area contributed by atoms with Crippen molar-refractivity contribution in [2.24, 2.45) is 0 Å². The molecule has 22 heavy (non-hydrogen) atoms. The number of Topliss-reactive ketones (excluding diaryl/α,β-unsaturated/α-hetero) is 1. The van der Waals surface area contributed by atoms with Gasteiger partial charge in [-0.15, -0.1) is 12.6 Å². The summed E-state index contributed by atoms with van der Waals surface area (Å²) in [6.07, 6.45) is 1.93. The van der Waals surface area contributed by atoms with Gasteiger partial charge in [0, 0.05) is 22.6 Å². The number of hydrogen-bond acceptors (Lipinski definition) is 2. The molecule has 1 heterocycles. The molecule has 0 saturated carbocycles. The van der Waals surface area contributed by atoms with E-state index in [4.69, 9.17) is 0 Å². The first-order valence-electron chi connectivity index (χ1n) is 7.11. The second-order valence-corrected chi connectivity index (χ2v) is 5.50. The van der Waals surface area contributed by atoms with E-state index in [1.54, 1.807) is 0 Å². The third-order valence-corrected chi connectivity index (χ3v) is 3.92. The monoisotopic (exact) mass is 306 g/mol. The molecule has 0 aliphatic rings. The summed E-state index contributed by atoms with van der Waals surface area (Å²) in [5.74, 6) is 0.0923. The van der Waals surface area contributed by atoms with Crippen molar-refractivity contribution in [2.45, 2.75) is 11.4 Å². The fraction of sp³-hybridized carbons (Fsp3) is 0.0526. The predicted octanol–water partition coefficient (Wildman–Crippen LogP) is 3.81. The van der Waals surface area contributed by atoms with Gasteiger partial charge in [-0.05, 0) is 18.2 Å². The maximum atomic E-state index is 12.4. The van der Waals surface area contributed by atoms with E-state index in [1.807, 2.05) is 83.6 Å². The summed E-state index contributed by atoms with van der Waals surface area (Å²) in [5, 5.41) is 0. The Balaban J connectivity index is 1.96. The van der Waals surface area contributed by atoms with Gasteiger partial charge in [0.05, 0.1) is 5.56 Å². The topological polar surface area (TPSA) is 20.9 Å². The van der Waals surface area contributed by atoms with E-state index in [2.05, 4.69) is 12.6 Å². The number of benzene rings is 2. The van der Waals surface area contributed by atoms with Crippen molar-refractivity contribution >= 4 is 18.4 Å². The molecule has 108 valence electrons. The van der Waals surface area contributed by atoms with Crippen molar-refractivity contribution in [1.29, 1.82) is 0 Å². The maximum Gasteiger partial charge on any atom is 0.227 e. The van der Waals surface area contributed by atoms with Crippen LogP contribution < -0.4 is 4.57 Å². The normalized spacial score (nSPS) is 10.4. The molecule has 0 fully saturated rings. The molecular weight excluding hydrogens is 290 g/mol. The molecule has 1 aromatic heterocycles. The summed E-state index contributed by atoms with van der Waals surface area (Å²) >= 11 is 4.52. The van der Waals surface area contributed by atoms with E-state index in [1.165, 1.54) is 0 Å². The van der Waals surface area contributed by atoms with E-state index < -0.39 is 0 Å². The van der Waals surface area contributed by atoms with E-state index in [-0.39, 0.29) is 5.78 Å². The van der Waals surface area contributed by atoms with Gasteiger partial charge < -0.3 is 0 Å². The largest absolute Gasteiger partial charge is 0.287 e. The highest BCUT2D eigenvalue weighted by molar-refractivity contribution is 7.80. The maximum absolute atomic E-state index is 12.4. The van der Waals surface area contributed by atoms with Crippen LogP contribution in [0.1, 0.15) is 10.4 Å². The molecule has 0 spiro atoms. The zero-order valence-electron chi connectivity index (χ0n) is 12.0. The van der Waals surface area contributed by atoms with Crippen LogP contribution in [0.15, 0.2) is 83.9 Å². The predicted molar refractivity (Wildman–Crippen MR) is 90.1 cm³/mol. The Hall–Kier alpha value is -2.39. The standard InChI is InChI=1S/C19H15NOS/c21-18(15-8-2-1-3-9-15)14-20-13-7-6-11-17(20)16-10-4-5-12-19(16)22/h1-13H,14H2/p+1. The van der Waals surface area contributed by atoms with Gasteiger partial charge >= 0.3 is 0 Å². The zero-order valence-corrected chi connectivity index (χ0v) is 12.9. The molecule has 3 rings (SSSR count). The van der Waals surface area contributed by atoms with Gasteiger partial charge in [0.25, 0.3) is 0 Å². The van der Waals surface area contributed by atoms with Gasteiger partial charge in [0.1, 0.15) is 0 Å². The Kier molecular flexibility index (Phi) is 4.35. The molecule has 3 heteroatoms. The summed E-state index contributed by atoms with van der Waals surface area (Å²) in [6.45, 7) is 0.308. The number of rotatable bonds is 4. The lowest BCUT2D eigenvalue weighted by molar-refractivity contribution is -0.672. The van der Waals surface area contributed by atoms with Gasteiger partial charge in [-0.25, -0.2) is 0 Å². The Morgan fingerprint density at radius 1 is 0.864 bits per heavy atom. The molecule has 3 aromatic rings.